The van der Waals surface area contributed by atoms with Gasteiger partial charge in [0.25, 0.3) is 5.91 Å². The van der Waals surface area contributed by atoms with Gasteiger partial charge in [-0.25, -0.2) is 0 Å². The maximum Gasteiger partial charge on any atom is 0.311 e. The summed E-state index contributed by atoms with van der Waals surface area (Å²) < 4.78 is 5.11. The van der Waals surface area contributed by atoms with Crippen LogP contribution in [0.3, 0.4) is 0 Å². The second kappa shape index (κ2) is 6.53. The molecule has 1 saturated heterocycles. The van der Waals surface area contributed by atoms with E-state index >= 15 is 0 Å². The number of hydrogen-bond donors (Lipinski definition) is 1. The number of nitrogens with one attached hydrogen (secondary N) is 1. The number of hydrogen-bond acceptors (Lipinski definition) is 5. The van der Waals surface area contributed by atoms with E-state index in [0.29, 0.717) is 13.1 Å². The highest BCUT2D eigenvalue weighted by Crippen LogP contribution is 2.32. The second-order valence-corrected chi connectivity index (χ2v) is 4.97. The Morgan fingerprint density at radius 2 is 2.33 bits per heavy atom. The number of likely N-dealkylation sites (tertiary alicyclic amines) is 1. The molecule has 1 aliphatic heterocycles. The van der Waals surface area contributed by atoms with Crippen molar-refractivity contribution in [3.63, 3.8) is 0 Å². The van der Waals surface area contributed by atoms with Gasteiger partial charge in [-0.15, -0.1) is 0 Å². The molecule has 1 fully saturated rings. The monoisotopic (exact) mass is 293 g/mol. The van der Waals surface area contributed by atoms with Gasteiger partial charge in [-0.05, 0) is 26.0 Å². The van der Waals surface area contributed by atoms with Crippen molar-refractivity contribution in [3.05, 3.63) is 33.9 Å². The molecular weight excluding hydrogens is 274 g/mol. The van der Waals surface area contributed by atoms with E-state index < -0.39 is 4.92 Å². The lowest BCUT2D eigenvalue weighted by Gasteiger charge is -2.25. The molecule has 7 heteroatoms. The van der Waals surface area contributed by atoms with Crippen molar-refractivity contribution in [2.45, 2.75) is 18.9 Å². The number of nitrogens with zero attached hydrogens (tertiary/aromatic N) is 2. The Kier molecular flexibility index (Phi) is 4.74. The van der Waals surface area contributed by atoms with Crippen molar-refractivity contribution < 1.29 is 14.5 Å². The van der Waals surface area contributed by atoms with Crippen molar-refractivity contribution in [1.82, 2.24) is 10.2 Å². The fourth-order valence-corrected chi connectivity index (χ4v) is 2.76. The largest absolute Gasteiger partial charge is 0.490 e. The Morgan fingerprint density at radius 3 is 2.95 bits per heavy atom. The molecule has 0 bridgehead atoms. The molecule has 2 rings (SSSR count). The predicted molar refractivity (Wildman–Crippen MR) is 77.6 cm³/mol. The Balaban J connectivity index is 2.35. The molecule has 0 saturated carbocycles. The molecule has 0 aliphatic carbocycles. The van der Waals surface area contributed by atoms with Gasteiger partial charge >= 0.3 is 5.69 Å². The number of para-hydroxylation sites is 1. The SMILES string of the molecule is CNCC1CCCN1C(=O)c1cccc([N+](=O)[O-])c1OC. The van der Waals surface area contributed by atoms with Crippen molar-refractivity contribution in [3.8, 4) is 5.75 Å². The van der Waals surface area contributed by atoms with Crippen molar-refractivity contribution in [2.75, 3.05) is 27.2 Å². The van der Waals surface area contributed by atoms with Gasteiger partial charge in [0.05, 0.1) is 17.6 Å². The van der Waals surface area contributed by atoms with Crippen LogP contribution in [0.1, 0.15) is 23.2 Å². The Hall–Kier alpha value is -2.15. The highest BCUT2D eigenvalue weighted by atomic mass is 16.6. The molecule has 1 unspecified atom stereocenters. The highest BCUT2D eigenvalue weighted by molar-refractivity contribution is 5.98. The molecule has 1 N–H and O–H groups in total. The fourth-order valence-electron chi connectivity index (χ4n) is 2.76. The summed E-state index contributed by atoms with van der Waals surface area (Å²) in [4.78, 5) is 24.9. The van der Waals surface area contributed by atoms with Crippen molar-refractivity contribution in [1.29, 1.82) is 0 Å². The van der Waals surface area contributed by atoms with Gasteiger partial charge in [-0.2, -0.15) is 0 Å². The topological polar surface area (TPSA) is 84.7 Å². The van der Waals surface area contributed by atoms with Crippen LogP contribution in [0.15, 0.2) is 18.2 Å². The number of carbonyl (C=O) groups is 1. The molecule has 114 valence electrons. The number of carbonyl (C=O) groups excluding carboxylic acids is 1. The number of likely N-dealkylation sites (N-methyl/N-ethyl adjacent to an activating group) is 1. The normalized spacial score (nSPS) is 17.8. The van der Waals surface area contributed by atoms with Gasteiger partial charge in [0.15, 0.2) is 0 Å². The highest BCUT2D eigenvalue weighted by Gasteiger charge is 2.32. The van der Waals surface area contributed by atoms with Crippen LogP contribution < -0.4 is 10.1 Å². The Labute approximate surface area is 123 Å². The summed E-state index contributed by atoms with van der Waals surface area (Å²) in [6.07, 6.45) is 1.87. The number of nitro groups is 1. The molecule has 0 radical (unpaired) electrons. The van der Waals surface area contributed by atoms with Crippen LogP contribution in [-0.2, 0) is 0 Å². The van der Waals surface area contributed by atoms with E-state index in [2.05, 4.69) is 5.32 Å². The minimum atomic E-state index is -0.537. The van der Waals surface area contributed by atoms with Crippen LogP contribution in [0.25, 0.3) is 0 Å². The molecule has 1 heterocycles. The lowest BCUT2D eigenvalue weighted by molar-refractivity contribution is -0.385. The van der Waals surface area contributed by atoms with Gasteiger partial charge in [0.2, 0.25) is 5.75 Å². The maximum atomic E-state index is 12.7. The van der Waals surface area contributed by atoms with Crippen LogP contribution in [-0.4, -0.2) is 49.0 Å². The van der Waals surface area contributed by atoms with Gasteiger partial charge in [-0.3, -0.25) is 14.9 Å². The fraction of sp³-hybridized carbons (Fsp3) is 0.500. The van der Waals surface area contributed by atoms with Gasteiger partial charge in [-0.1, -0.05) is 6.07 Å². The van der Waals surface area contributed by atoms with Crippen LogP contribution in [0.4, 0.5) is 5.69 Å². The van der Waals surface area contributed by atoms with Crippen LogP contribution in [0.2, 0.25) is 0 Å². The van der Waals surface area contributed by atoms with E-state index in [4.69, 9.17) is 4.74 Å². The van der Waals surface area contributed by atoms with E-state index in [1.165, 1.54) is 19.2 Å². The summed E-state index contributed by atoms with van der Waals surface area (Å²) in [6, 6.07) is 4.54. The van der Waals surface area contributed by atoms with Crippen molar-refractivity contribution in [2.24, 2.45) is 0 Å². The standard InChI is InChI=1S/C14H19N3O4/c1-15-9-10-5-4-8-16(10)14(18)11-6-3-7-12(17(19)20)13(11)21-2/h3,6-7,10,15H,4-5,8-9H2,1-2H3. The number of methoxy groups -OCH3 is 1. The molecule has 1 aromatic carbocycles. The smallest absolute Gasteiger partial charge is 0.311 e. The predicted octanol–water partition coefficient (Wildman–Crippen LogP) is 1.43. The molecular formula is C14H19N3O4. The summed E-state index contributed by atoms with van der Waals surface area (Å²) in [5, 5.41) is 14.1. The zero-order valence-electron chi connectivity index (χ0n) is 12.2. The zero-order chi connectivity index (χ0) is 15.4. The van der Waals surface area contributed by atoms with Crippen molar-refractivity contribution >= 4 is 11.6 Å². The number of benzene rings is 1. The minimum Gasteiger partial charge on any atom is -0.490 e. The summed E-state index contributed by atoms with van der Waals surface area (Å²) in [7, 11) is 3.18. The maximum absolute atomic E-state index is 12.7. The summed E-state index contributed by atoms with van der Waals surface area (Å²) in [5.41, 5.74) is 0.0578. The van der Waals surface area contributed by atoms with E-state index in [1.807, 2.05) is 7.05 Å². The first-order valence-electron chi connectivity index (χ1n) is 6.87. The van der Waals surface area contributed by atoms with E-state index in [9.17, 15) is 14.9 Å². The summed E-state index contributed by atoms with van der Waals surface area (Å²) in [6.45, 7) is 1.38. The van der Waals surface area contributed by atoms with Gasteiger partial charge < -0.3 is 15.0 Å². The molecule has 1 amide bonds. The first kappa shape index (κ1) is 15.2. The number of rotatable bonds is 5. The third-order valence-electron chi connectivity index (χ3n) is 3.70. The number of amides is 1. The quantitative estimate of drug-likeness (QED) is 0.655. The molecule has 0 spiro atoms. The lowest BCUT2D eigenvalue weighted by Crippen LogP contribution is -2.41. The van der Waals surface area contributed by atoms with E-state index in [1.54, 1.807) is 11.0 Å². The zero-order valence-corrected chi connectivity index (χ0v) is 12.2. The third kappa shape index (κ3) is 2.97. The van der Waals surface area contributed by atoms with Gasteiger partial charge in [0.1, 0.15) is 0 Å². The van der Waals surface area contributed by atoms with Crippen LogP contribution >= 0.6 is 0 Å². The van der Waals surface area contributed by atoms with Crippen LogP contribution in [0, 0.1) is 10.1 Å². The number of ether oxygens (including phenoxy) is 1. The Morgan fingerprint density at radius 1 is 1.57 bits per heavy atom. The lowest BCUT2D eigenvalue weighted by atomic mass is 10.1. The third-order valence-corrected chi connectivity index (χ3v) is 3.70. The van der Waals surface area contributed by atoms with E-state index in [0.717, 1.165) is 12.8 Å². The number of nitro benzene ring substituents is 1. The first-order valence-corrected chi connectivity index (χ1v) is 6.87. The molecule has 0 aromatic heterocycles. The molecule has 1 atom stereocenters. The average molecular weight is 293 g/mol. The molecule has 1 aromatic rings. The summed E-state index contributed by atoms with van der Waals surface area (Å²) >= 11 is 0. The molecule has 21 heavy (non-hydrogen) atoms. The first-order chi connectivity index (χ1) is 10.1. The molecule has 7 nitrogen and oxygen atoms in total. The minimum absolute atomic E-state index is 0.0302. The Bertz CT molecular complexity index is 547. The molecule has 1 aliphatic rings. The van der Waals surface area contributed by atoms with Gasteiger partial charge in [0, 0.05) is 25.2 Å². The van der Waals surface area contributed by atoms with E-state index in [-0.39, 0.29) is 28.9 Å². The van der Waals surface area contributed by atoms with Crippen LogP contribution in [0.5, 0.6) is 5.75 Å². The average Bonchev–Trinajstić information content (AvgIpc) is 2.94. The summed E-state index contributed by atoms with van der Waals surface area (Å²) in [5.74, 6) is -0.184. The second-order valence-electron chi connectivity index (χ2n) is 4.97.